The number of methoxy groups -OCH3 is 1. The van der Waals surface area contributed by atoms with Crippen LogP contribution in [-0.4, -0.2) is 20.3 Å². The van der Waals surface area contributed by atoms with Crippen molar-refractivity contribution in [3.05, 3.63) is 63.6 Å². The van der Waals surface area contributed by atoms with E-state index in [1.807, 2.05) is 42.5 Å². The number of nitrogens with one attached hydrogen (secondary N) is 1. The lowest BCUT2D eigenvalue weighted by atomic mass is 10.2. The zero-order valence-electron chi connectivity index (χ0n) is 13.6. The molecule has 0 aliphatic carbocycles. The smallest absolute Gasteiger partial charge is 0.156 e. The Morgan fingerprint density at radius 2 is 1.67 bits per heavy atom. The van der Waals surface area contributed by atoms with Gasteiger partial charge in [-0.05, 0) is 36.2 Å². The van der Waals surface area contributed by atoms with Crippen LogP contribution in [0.1, 0.15) is 17.5 Å². The van der Waals surface area contributed by atoms with Crippen LogP contribution in [-0.2, 0) is 17.9 Å². The first-order chi connectivity index (χ1) is 11.2. The highest BCUT2D eigenvalue weighted by molar-refractivity contribution is 6.37. The lowest BCUT2D eigenvalue weighted by Crippen LogP contribution is -2.16. The number of ether oxygens (including phenoxy) is 2. The van der Waals surface area contributed by atoms with Gasteiger partial charge in [0.05, 0.1) is 10.0 Å². The summed E-state index contributed by atoms with van der Waals surface area (Å²) < 4.78 is 10.8. The molecule has 132 valence electrons. The second-order valence-electron chi connectivity index (χ2n) is 5.19. The largest absolute Gasteiger partial charge is 0.486 e. The van der Waals surface area contributed by atoms with Gasteiger partial charge in [0.1, 0.15) is 6.61 Å². The summed E-state index contributed by atoms with van der Waals surface area (Å²) in [7, 11) is 1.70. The van der Waals surface area contributed by atoms with Crippen molar-refractivity contribution in [2.75, 3.05) is 20.3 Å². The van der Waals surface area contributed by atoms with Crippen molar-refractivity contribution in [2.24, 2.45) is 0 Å². The van der Waals surface area contributed by atoms with Gasteiger partial charge in [-0.1, -0.05) is 53.5 Å². The standard InChI is InChI=1S/C18H21Cl2NO2.ClH/c1-22-9-5-8-21-12-15-10-16(19)18(17(20)11-15)23-13-14-6-3-2-4-7-14;/h2-4,6-7,10-11,21H,5,8-9,12-13H2,1H3;1H. The number of benzene rings is 2. The molecule has 3 nitrogen and oxygen atoms in total. The summed E-state index contributed by atoms with van der Waals surface area (Å²) in [5.74, 6) is 0.528. The quantitative estimate of drug-likeness (QED) is 0.603. The molecule has 2 aromatic rings. The maximum atomic E-state index is 6.31. The Kier molecular flexibility index (Phi) is 10.2. The normalized spacial score (nSPS) is 10.3. The first kappa shape index (κ1) is 21.1. The van der Waals surface area contributed by atoms with E-state index >= 15 is 0 Å². The van der Waals surface area contributed by atoms with Crippen molar-refractivity contribution in [1.29, 1.82) is 0 Å². The third kappa shape index (κ3) is 6.88. The van der Waals surface area contributed by atoms with Crippen LogP contribution < -0.4 is 10.1 Å². The van der Waals surface area contributed by atoms with Crippen molar-refractivity contribution in [1.82, 2.24) is 5.32 Å². The molecule has 1 N–H and O–H groups in total. The van der Waals surface area contributed by atoms with Gasteiger partial charge in [-0.3, -0.25) is 0 Å². The first-order valence-electron chi connectivity index (χ1n) is 7.55. The molecule has 0 amide bonds. The Labute approximate surface area is 159 Å². The van der Waals surface area contributed by atoms with Crippen molar-refractivity contribution in [3.8, 4) is 5.75 Å². The molecule has 0 aliphatic rings. The Morgan fingerprint density at radius 1 is 1.00 bits per heavy atom. The lowest BCUT2D eigenvalue weighted by molar-refractivity contribution is 0.194. The predicted molar refractivity (Wildman–Crippen MR) is 103 cm³/mol. The van der Waals surface area contributed by atoms with Gasteiger partial charge in [-0.15, -0.1) is 12.4 Å². The van der Waals surface area contributed by atoms with Crippen molar-refractivity contribution < 1.29 is 9.47 Å². The van der Waals surface area contributed by atoms with E-state index in [2.05, 4.69) is 5.32 Å². The molecular weight excluding hydrogens is 369 g/mol. The number of rotatable bonds is 9. The summed E-state index contributed by atoms with van der Waals surface area (Å²) in [5.41, 5.74) is 2.10. The molecule has 0 aliphatic heterocycles. The molecule has 0 saturated heterocycles. The van der Waals surface area contributed by atoms with Crippen LogP contribution in [0.25, 0.3) is 0 Å². The van der Waals surface area contributed by atoms with E-state index in [1.165, 1.54) is 0 Å². The van der Waals surface area contributed by atoms with Crippen LogP contribution in [0.5, 0.6) is 5.75 Å². The van der Waals surface area contributed by atoms with Crippen molar-refractivity contribution in [3.63, 3.8) is 0 Å². The van der Waals surface area contributed by atoms with Crippen LogP contribution in [0.15, 0.2) is 42.5 Å². The topological polar surface area (TPSA) is 30.5 Å². The summed E-state index contributed by atoms with van der Waals surface area (Å²) in [6.07, 6.45) is 0.968. The zero-order chi connectivity index (χ0) is 16.5. The first-order valence-corrected chi connectivity index (χ1v) is 8.30. The molecule has 0 saturated carbocycles. The number of hydrogen-bond donors (Lipinski definition) is 1. The maximum absolute atomic E-state index is 6.31. The van der Waals surface area contributed by atoms with Gasteiger partial charge in [0.2, 0.25) is 0 Å². The average Bonchev–Trinajstić information content (AvgIpc) is 2.55. The number of halogens is 3. The van der Waals surface area contributed by atoms with Crippen LogP contribution in [0.2, 0.25) is 10.0 Å². The fourth-order valence-corrected chi connectivity index (χ4v) is 2.80. The monoisotopic (exact) mass is 389 g/mol. The summed E-state index contributed by atoms with van der Waals surface area (Å²) >= 11 is 12.6. The van der Waals surface area contributed by atoms with E-state index in [0.29, 0.717) is 28.9 Å². The molecule has 0 atom stereocenters. The van der Waals surface area contributed by atoms with Gasteiger partial charge in [0.25, 0.3) is 0 Å². The summed E-state index contributed by atoms with van der Waals surface area (Å²) in [6, 6.07) is 13.7. The Balaban J connectivity index is 0.00000288. The minimum Gasteiger partial charge on any atom is -0.486 e. The maximum Gasteiger partial charge on any atom is 0.156 e. The highest BCUT2D eigenvalue weighted by Crippen LogP contribution is 2.34. The van der Waals surface area contributed by atoms with Crippen molar-refractivity contribution in [2.45, 2.75) is 19.6 Å². The molecule has 24 heavy (non-hydrogen) atoms. The highest BCUT2D eigenvalue weighted by Gasteiger charge is 2.10. The van der Waals surface area contributed by atoms with Gasteiger partial charge in [-0.25, -0.2) is 0 Å². The Morgan fingerprint density at radius 3 is 2.29 bits per heavy atom. The van der Waals surface area contributed by atoms with Crippen LogP contribution in [0.4, 0.5) is 0 Å². The van der Waals surface area contributed by atoms with Crippen LogP contribution >= 0.6 is 35.6 Å². The molecule has 0 heterocycles. The second-order valence-corrected chi connectivity index (χ2v) is 6.00. The third-order valence-electron chi connectivity index (χ3n) is 3.32. The summed E-state index contributed by atoms with van der Waals surface area (Å²) in [5, 5.41) is 4.39. The summed E-state index contributed by atoms with van der Waals surface area (Å²) in [6.45, 7) is 2.78. The van der Waals surface area contributed by atoms with E-state index in [4.69, 9.17) is 32.7 Å². The molecule has 0 bridgehead atoms. The van der Waals surface area contributed by atoms with E-state index < -0.39 is 0 Å². The minimum atomic E-state index is 0. The highest BCUT2D eigenvalue weighted by atomic mass is 35.5. The molecule has 2 aromatic carbocycles. The lowest BCUT2D eigenvalue weighted by Gasteiger charge is -2.12. The fraction of sp³-hybridized carbons (Fsp3) is 0.333. The molecule has 0 fully saturated rings. The van der Waals surface area contributed by atoms with Crippen LogP contribution in [0.3, 0.4) is 0 Å². The van der Waals surface area contributed by atoms with Gasteiger partial charge >= 0.3 is 0 Å². The molecule has 0 radical (unpaired) electrons. The third-order valence-corrected chi connectivity index (χ3v) is 3.88. The molecule has 0 aromatic heterocycles. The Hall–Kier alpha value is -0.970. The van der Waals surface area contributed by atoms with Crippen molar-refractivity contribution >= 4 is 35.6 Å². The SMILES string of the molecule is COCCCNCc1cc(Cl)c(OCc2ccccc2)c(Cl)c1.Cl. The van der Waals surface area contributed by atoms with Gasteiger partial charge in [0, 0.05) is 20.3 Å². The molecule has 0 unspecified atom stereocenters. The summed E-state index contributed by atoms with van der Waals surface area (Å²) in [4.78, 5) is 0. The van der Waals surface area contributed by atoms with E-state index in [-0.39, 0.29) is 12.4 Å². The molecule has 0 spiro atoms. The number of hydrogen-bond acceptors (Lipinski definition) is 3. The Bertz CT molecular complexity index is 585. The van der Waals surface area contributed by atoms with E-state index in [0.717, 1.165) is 30.7 Å². The molecule has 2 rings (SSSR count). The second kappa shape index (κ2) is 11.6. The average molecular weight is 391 g/mol. The van der Waals surface area contributed by atoms with Gasteiger partial charge in [0.15, 0.2) is 5.75 Å². The van der Waals surface area contributed by atoms with Crippen LogP contribution in [0, 0.1) is 0 Å². The molecule has 6 heteroatoms. The van der Waals surface area contributed by atoms with Gasteiger partial charge < -0.3 is 14.8 Å². The zero-order valence-corrected chi connectivity index (χ0v) is 15.9. The van der Waals surface area contributed by atoms with E-state index in [1.54, 1.807) is 7.11 Å². The predicted octanol–water partition coefficient (Wildman–Crippen LogP) is 5.12. The van der Waals surface area contributed by atoms with E-state index in [9.17, 15) is 0 Å². The fourth-order valence-electron chi connectivity index (χ4n) is 2.16. The molecular formula is C18H22Cl3NO2. The minimum absolute atomic E-state index is 0. The van der Waals surface area contributed by atoms with Gasteiger partial charge in [-0.2, -0.15) is 0 Å².